The normalized spacial score (nSPS) is 27.4. The minimum atomic E-state index is 0.750. The standard InChI is InChI=1S/C16H20N2/c17-12-13-7-9-15(10-8-13)18-11-3-5-14-4-1-2-6-16(14)18/h7-10,14,16H,1-6,11H2/t14-,16-/m1/s1. The minimum absolute atomic E-state index is 0.750. The summed E-state index contributed by atoms with van der Waals surface area (Å²) in [6.45, 7) is 1.19. The van der Waals surface area contributed by atoms with Gasteiger partial charge in [0.15, 0.2) is 0 Å². The zero-order chi connectivity index (χ0) is 12.4. The van der Waals surface area contributed by atoms with Gasteiger partial charge in [-0.15, -0.1) is 0 Å². The van der Waals surface area contributed by atoms with Gasteiger partial charge in [-0.3, -0.25) is 0 Å². The molecule has 2 fully saturated rings. The van der Waals surface area contributed by atoms with Crippen LogP contribution >= 0.6 is 0 Å². The van der Waals surface area contributed by atoms with Crippen LogP contribution in [0, 0.1) is 17.2 Å². The molecule has 1 heterocycles. The lowest BCUT2D eigenvalue weighted by Crippen LogP contribution is -2.46. The van der Waals surface area contributed by atoms with Gasteiger partial charge in [-0.2, -0.15) is 5.26 Å². The molecule has 1 aromatic rings. The van der Waals surface area contributed by atoms with Crippen molar-refractivity contribution in [3.05, 3.63) is 29.8 Å². The monoisotopic (exact) mass is 240 g/mol. The van der Waals surface area contributed by atoms with Gasteiger partial charge in [-0.1, -0.05) is 12.8 Å². The summed E-state index contributed by atoms with van der Waals surface area (Å²) in [5.41, 5.74) is 2.07. The lowest BCUT2D eigenvalue weighted by Gasteiger charge is -2.45. The van der Waals surface area contributed by atoms with Crippen LogP contribution in [-0.4, -0.2) is 12.6 Å². The Morgan fingerprint density at radius 2 is 1.72 bits per heavy atom. The zero-order valence-electron chi connectivity index (χ0n) is 10.8. The van der Waals surface area contributed by atoms with E-state index in [9.17, 15) is 0 Å². The molecule has 0 spiro atoms. The largest absolute Gasteiger partial charge is 0.368 e. The van der Waals surface area contributed by atoms with Gasteiger partial charge in [0.05, 0.1) is 11.6 Å². The van der Waals surface area contributed by atoms with Gasteiger partial charge in [-0.25, -0.2) is 0 Å². The molecule has 1 aliphatic heterocycles. The number of fused-ring (bicyclic) bond motifs is 1. The maximum absolute atomic E-state index is 8.86. The predicted octanol–water partition coefficient (Wildman–Crippen LogP) is 3.72. The Balaban J connectivity index is 1.82. The van der Waals surface area contributed by atoms with E-state index >= 15 is 0 Å². The number of benzene rings is 1. The van der Waals surface area contributed by atoms with Crippen LogP contribution in [0.5, 0.6) is 0 Å². The van der Waals surface area contributed by atoms with E-state index in [0.717, 1.165) is 17.5 Å². The summed E-state index contributed by atoms with van der Waals surface area (Å²) < 4.78 is 0. The van der Waals surface area contributed by atoms with Crippen molar-refractivity contribution in [2.45, 2.75) is 44.6 Å². The molecular weight excluding hydrogens is 220 g/mol. The van der Waals surface area contributed by atoms with Crippen molar-refractivity contribution in [3.63, 3.8) is 0 Å². The van der Waals surface area contributed by atoms with Crippen molar-refractivity contribution in [1.82, 2.24) is 0 Å². The molecule has 0 aromatic heterocycles. The fraction of sp³-hybridized carbons (Fsp3) is 0.562. The average molecular weight is 240 g/mol. The van der Waals surface area contributed by atoms with Gasteiger partial charge in [0.2, 0.25) is 0 Å². The van der Waals surface area contributed by atoms with Gasteiger partial charge in [0.25, 0.3) is 0 Å². The summed E-state index contributed by atoms with van der Waals surface area (Å²) in [7, 11) is 0. The highest BCUT2D eigenvalue weighted by Gasteiger charge is 2.33. The van der Waals surface area contributed by atoms with Crippen molar-refractivity contribution < 1.29 is 0 Å². The number of hydrogen-bond donors (Lipinski definition) is 0. The molecule has 18 heavy (non-hydrogen) atoms. The average Bonchev–Trinajstić information content (AvgIpc) is 2.47. The summed E-state index contributed by atoms with van der Waals surface area (Å²) in [6, 6.07) is 11.1. The van der Waals surface area contributed by atoms with Gasteiger partial charge < -0.3 is 4.90 Å². The molecule has 0 bridgehead atoms. The number of rotatable bonds is 1. The molecule has 2 aliphatic rings. The molecule has 1 saturated carbocycles. The number of nitriles is 1. The third-order valence-electron chi connectivity index (χ3n) is 4.57. The lowest BCUT2D eigenvalue weighted by atomic mass is 9.78. The highest BCUT2D eigenvalue weighted by Crippen LogP contribution is 2.37. The molecule has 1 saturated heterocycles. The van der Waals surface area contributed by atoms with Gasteiger partial charge in [0.1, 0.15) is 0 Å². The Morgan fingerprint density at radius 3 is 2.50 bits per heavy atom. The Kier molecular flexibility index (Phi) is 3.23. The molecular formula is C16H20N2. The SMILES string of the molecule is N#Cc1ccc(N2CCC[C@H]3CCCC[C@H]32)cc1. The molecule has 0 unspecified atom stereocenters. The Hall–Kier alpha value is -1.49. The molecule has 1 aliphatic carbocycles. The van der Waals surface area contributed by atoms with Gasteiger partial charge >= 0.3 is 0 Å². The maximum atomic E-state index is 8.86. The fourth-order valence-electron chi connectivity index (χ4n) is 3.67. The van der Waals surface area contributed by atoms with Gasteiger partial charge in [-0.05, 0) is 55.9 Å². The second kappa shape index (κ2) is 5.02. The fourth-order valence-corrected chi connectivity index (χ4v) is 3.67. The molecule has 0 radical (unpaired) electrons. The van der Waals surface area contributed by atoms with E-state index in [1.165, 1.54) is 50.8 Å². The molecule has 1 aromatic carbocycles. The first-order valence-electron chi connectivity index (χ1n) is 7.15. The number of piperidine rings is 1. The molecule has 2 heteroatoms. The van der Waals surface area contributed by atoms with E-state index in [1.807, 2.05) is 12.1 Å². The van der Waals surface area contributed by atoms with Gasteiger partial charge in [0, 0.05) is 18.3 Å². The van der Waals surface area contributed by atoms with Crippen molar-refractivity contribution in [2.75, 3.05) is 11.4 Å². The van der Waals surface area contributed by atoms with E-state index < -0.39 is 0 Å². The Bertz CT molecular complexity index is 441. The van der Waals surface area contributed by atoms with Crippen LogP contribution in [-0.2, 0) is 0 Å². The van der Waals surface area contributed by atoms with Crippen LogP contribution in [0.15, 0.2) is 24.3 Å². The molecule has 0 N–H and O–H groups in total. The second-order valence-electron chi connectivity index (χ2n) is 5.61. The van der Waals surface area contributed by atoms with Crippen LogP contribution in [0.25, 0.3) is 0 Å². The zero-order valence-corrected chi connectivity index (χ0v) is 10.8. The van der Waals surface area contributed by atoms with Crippen LogP contribution in [0.1, 0.15) is 44.1 Å². The first-order valence-corrected chi connectivity index (χ1v) is 7.15. The summed E-state index contributed by atoms with van der Waals surface area (Å²) in [5, 5.41) is 8.86. The number of nitrogens with zero attached hydrogens (tertiary/aromatic N) is 2. The van der Waals surface area contributed by atoms with Crippen LogP contribution in [0.2, 0.25) is 0 Å². The van der Waals surface area contributed by atoms with E-state index in [4.69, 9.17) is 5.26 Å². The molecule has 0 amide bonds. The Labute approximate surface area is 109 Å². The van der Waals surface area contributed by atoms with Crippen LogP contribution in [0.4, 0.5) is 5.69 Å². The summed E-state index contributed by atoms with van der Waals surface area (Å²) in [5.74, 6) is 0.906. The molecule has 2 nitrogen and oxygen atoms in total. The summed E-state index contributed by atoms with van der Waals surface area (Å²) >= 11 is 0. The van der Waals surface area contributed by atoms with E-state index in [2.05, 4.69) is 23.1 Å². The molecule has 2 atom stereocenters. The number of hydrogen-bond acceptors (Lipinski definition) is 2. The van der Waals surface area contributed by atoms with Crippen LogP contribution < -0.4 is 4.90 Å². The summed E-state index contributed by atoms with van der Waals surface area (Å²) in [6.07, 6.45) is 8.30. The van der Waals surface area contributed by atoms with Crippen molar-refractivity contribution >= 4 is 5.69 Å². The highest BCUT2D eigenvalue weighted by molar-refractivity contribution is 5.51. The lowest BCUT2D eigenvalue weighted by molar-refractivity contribution is 0.244. The second-order valence-corrected chi connectivity index (χ2v) is 5.61. The third kappa shape index (κ3) is 2.10. The first-order chi connectivity index (χ1) is 8.88. The van der Waals surface area contributed by atoms with E-state index in [0.29, 0.717) is 0 Å². The van der Waals surface area contributed by atoms with Crippen molar-refractivity contribution in [3.8, 4) is 6.07 Å². The van der Waals surface area contributed by atoms with Crippen molar-refractivity contribution in [1.29, 1.82) is 5.26 Å². The minimum Gasteiger partial charge on any atom is -0.368 e. The smallest absolute Gasteiger partial charge is 0.0991 e. The highest BCUT2D eigenvalue weighted by atomic mass is 15.2. The van der Waals surface area contributed by atoms with Crippen LogP contribution in [0.3, 0.4) is 0 Å². The first kappa shape index (κ1) is 11.6. The van der Waals surface area contributed by atoms with E-state index in [-0.39, 0.29) is 0 Å². The molecule has 94 valence electrons. The third-order valence-corrected chi connectivity index (χ3v) is 4.57. The predicted molar refractivity (Wildman–Crippen MR) is 73.5 cm³/mol. The van der Waals surface area contributed by atoms with E-state index in [1.54, 1.807) is 0 Å². The Morgan fingerprint density at radius 1 is 1.00 bits per heavy atom. The van der Waals surface area contributed by atoms with Crippen molar-refractivity contribution in [2.24, 2.45) is 5.92 Å². The topological polar surface area (TPSA) is 27.0 Å². The molecule has 3 rings (SSSR count). The summed E-state index contributed by atoms with van der Waals surface area (Å²) in [4.78, 5) is 2.59. The maximum Gasteiger partial charge on any atom is 0.0991 e. The quantitative estimate of drug-likeness (QED) is 0.748. The number of anilines is 1.